The average molecular weight is 223 g/mol. The lowest BCUT2D eigenvalue weighted by atomic mass is 10.0. The number of nitrogens with zero attached hydrogens (tertiary/aromatic N) is 4. The Morgan fingerprint density at radius 1 is 1.56 bits per heavy atom. The predicted octanol–water partition coefficient (Wildman–Crippen LogP) is 0.467. The van der Waals surface area contributed by atoms with Crippen molar-refractivity contribution < 1.29 is 0 Å². The molecule has 0 spiro atoms. The standard InChI is InChI=1S/C11H21N5/c1-3-16-11(13-8-14-16)7-15-5-4-9(2)10(15)6-12/h8-10H,3-7,12H2,1-2H3. The van der Waals surface area contributed by atoms with E-state index in [9.17, 15) is 0 Å². The van der Waals surface area contributed by atoms with Crippen molar-refractivity contribution in [2.24, 2.45) is 11.7 Å². The highest BCUT2D eigenvalue weighted by molar-refractivity contribution is 4.91. The van der Waals surface area contributed by atoms with Crippen LogP contribution in [0.5, 0.6) is 0 Å². The Hall–Kier alpha value is -0.940. The summed E-state index contributed by atoms with van der Waals surface area (Å²) in [6.07, 6.45) is 2.87. The molecule has 2 heterocycles. The van der Waals surface area contributed by atoms with E-state index in [1.165, 1.54) is 6.42 Å². The molecule has 1 aromatic heterocycles. The molecule has 5 heteroatoms. The number of aromatic nitrogens is 3. The molecule has 2 unspecified atom stereocenters. The molecule has 0 amide bonds. The Balaban J connectivity index is 2.04. The molecule has 16 heavy (non-hydrogen) atoms. The Labute approximate surface area is 96.6 Å². The van der Waals surface area contributed by atoms with Crippen molar-refractivity contribution in [2.45, 2.75) is 39.4 Å². The molecule has 1 aliphatic rings. The van der Waals surface area contributed by atoms with Crippen LogP contribution in [0, 0.1) is 5.92 Å². The lowest BCUT2D eigenvalue weighted by Gasteiger charge is -2.24. The van der Waals surface area contributed by atoms with Gasteiger partial charge in [-0.1, -0.05) is 6.92 Å². The van der Waals surface area contributed by atoms with E-state index in [1.807, 2.05) is 4.68 Å². The van der Waals surface area contributed by atoms with Crippen molar-refractivity contribution in [3.63, 3.8) is 0 Å². The fourth-order valence-electron chi connectivity index (χ4n) is 2.52. The van der Waals surface area contributed by atoms with E-state index in [4.69, 9.17) is 5.73 Å². The third-order valence-corrected chi connectivity index (χ3v) is 3.58. The first-order valence-electron chi connectivity index (χ1n) is 6.07. The van der Waals surface area contributed by atoms with Crippen LogP contribution in [0.1, 0.15) is 26.1 Å². The van der Waals surface area contributed by atoms with Crippen LogP contribution in [-0.4, -0.2) is 38.8 Å². The summed E-state index contributed by atoms with van der Waals surface area (Å²) < 4.78 is 1.95. The minimum atomic E-state index is 0.502. The molecule has 2 atom stereocenters. The number of aryl methyl sites for hydroxylation is 1. The van der Waals surface area contributed by atoms with Gasteiger partial charge in [0.25, 0.3) is 0 Å². The van der Waals surface area contributed by atoms with E-state index in [0.29, 0.717) is 12.0 Å². The quantitative estimate of drug-likeness (QED) is 0.806. The van der Waals surface area contributed by atoms with Crippen molar-refractivity contribution >= 4 is 0 Å². The summed E-state index contributed by atoms with van der Waals surface area (Å²) in [5.74, 6) is 1.75. The van der Waals surface area contributed by atoms with Gasteiger partial charge in [-0.25, -0.2) is 9.67 Å². The summed E-state index contributed by atoms with van der Waals surface area (Å²) in [6.45, 7) is 7.99. The molecule has 0 radical (unpaired) electrons. The van der Waals surface area contributed by atoms with E-state index < -0.39 is 0 Å². The maximum atomic E-state index is 5.83. The molecule has 0 saturated carbocycles. The third-order valence-electron chi connectivity index (χ3n) is 3.58. The van der Waals surface area contributed by atoms with Crippen molar-refractivity contribution in [3.8, 4) is 0 Å². The summed E-state index contributed by atoms with van der Waals surface area (Å²) in [5.41, 5.74) is 5.83. The van der Waals surface area contributed by atoms with Gasteiger partial charge in [-0.15, -0.1) is 0 Å². The monoisotopic (exact) mass is 223 g/mol. The first-order chi connectivity index (χ1) is 7.76. The lowest BCUT2D eigenvalue weighted by Crippen LogP contribution is -2.38. The molecule has 1 aromatic rings. The molecule has 2 rings (SSSR count). The highest BCUT2D eigenvalue weighted by Gasteiger charge is 2.30. The maximum absolute atomic E-state index is 5.83. The van der Waals surface area contributed by atoms with Crippen molar-refractivity contribution in [1.82, 2.24) is 19.7 Å². The fourth-order valence-corrected chi connectivity index (χ4v) is 2.52. The Morgan fingerprint density at radius 3 is 3.06 bits per heavy atom. The zero-order chi connectivity index (χ0) is 11.5. The Bertz CT molecular complexity index is 335. The van der Waals surface area contributed by atoms with Crippen molar-refractivity contribution in [2.75, 3.05) is 13.1 Å². The van der Waals surface area contributed by atoms with Crippen LogP contribution >= 0.6 is 0 Å². The van der Waals surface area contributed by atoms with Crippen LogP contribution in [0.3, 0.4) is 0 Å². The van der Waals surface area contributed by atoms with E-state index >= 15 is 0 Å². The highest BCUT2D eigenvalue weighted by atomic mass is 15.4. The van der Waals surface area contributed by atoms with Gasteiger partial charge in [0, 0.05) is 19.1 Å². The average Bonchev–Trinajstić information content (AvgIpc) is 2.86. The van der Waals surface area contributed by atoms with Crippen LogP contribution < -0.4 is 5.73 Å². The van der Waals surface area contributed by atoms with Gasteiger partial charge in [0.2, 0.25) is 0 Å². The van der Waals surface area contributed by atoms with Crippen LogP contribution in [0.4, 0.5) is 0 Å². The number of nitrogens with two attached hydrogens (primary N) is 1. The van der Waals surface area contributed by atoms with Gasteiger partial charge < -0.3 is 5.73 Å². The number of hydrogen-bond acceptors (Lipinski definition) is 4. The molecule has 1 aliphatic heterocycles. The number of likely N-dealkylation sites (tertiary alicyclic amines) is 1. The minimum Gasteiger partial charge on any atom is -0.329 e. The molecular weight excluding hydrogens is 202 g/mol. The second kappa shape index (κ2) is 4.93. The highest BCUT2D eigenvalue weighted by Crippen LogP contribution is 2.24. The van der Waals surface area contributed by atoms with E-state index in [-0.39, 0.29) is 0 Å². The summed E-state index contributed by atoms with van der Waals surface area (Å²) in [4.78, 5) is 6.75. The zero-order valence-electron chi connectivity index (χ0n) is 10.1. The molecular formula is C11H21N5. The molecule has 0 bridgehead atoms. The van der Waals surface area contributed by atoms with Gasteiger partial charge in [0.15, 0.2) is 0 Å². The van der Waals surface area contributed by atoms with E-state index in [2.05, 4.69) is 28.8 Å². The van der Waals surface area contributed by atoms with Gasteiger partial charge in [-0.3, -0.25) is 4.90 Å². The topological polar surface area (TPSA) is 60.0 Å². The molecule has 90 valence electrons. The predicted molar refractivity (Wildman–Crippen MR) is 62.7 cm³/mol. The Kier molecular flexibility index (Phi) is 3.56. The van der Waals surface area contributed by atoms with E-state index in [0.717, 1.165) is 32.0 Å². The summed E-state index contributed by atoms with van der Waals surface area (Å²) in [7, 11) is 0. The number of rotatable bonds is 4. The lowest BCUT2D eigenvalue weighted by molar-refractivity contribution is 0.219. The first kappa shape index (κ1) is 11.5. The maximum Gasteiger partial charge on any atom is 0.141 e. The molecule has 5 nitrogen and oxygen atoms in total. The van der Waals surface area contributed by atoms with Gasteiger partial charge in [0.05, 0.1) is 6.54 Å². The second-order valence-corrected chi connectivity index (χ2v) is 4.53. The van der Waals surface area contributed by atoms with Gasteiger partial charge in [-0.2, -0.15) is 5.10 Å². The SMILES string of the molecule is CCn1ncnc1CN1CCC(C)C1CN. The number of hydrogen-bond donors (Lipinski definition) is 1. The molecule has 2 N–H and O–H groups in total. The van der Waals surface area contributed by atoms with Crippen LogP contribution in [0.2, 0.25) is 0 Å². The largest absolute Gasteiger partial charge is 0.329 e. The normalized spacial score (nSPS) is 26.4. The summed E-state index contributed by atoms with van der Waals surface area (Å²) in [6, 6.07) is 0.502. The zero-order valence-corrected chi connectivity index (χ0v) is 10.1. The van der Waals surface area contributed by atoms with Gasteiger partial charge in [0.1, 0.15) is 12.2 Å². The summed E-state index contributed by atoms with van der Waals surface area (Å²) in [5, 5.41) is 4.19. The molecule has 0 aliphatic carbocycles. The molecule has 1 fully saturated rings. The smallest absolute Gasteiger partial charge is 0.141 e. The van der Waals surface area contributed by atoms with Crippen LogP contribution in [0.25, 0.3) is 0 Å². The van der Waals surface area contributed by atoms with Crippen molar-refractivity contribution in [1.29, 1.82) is 0 Å². The van der Waals surface area contributed by atoms with Crippen LogP contribution in [0.15, 0.2) is 6.33 Å². The van der Waals surface area contributed by atoms with E-state index in [1.54, 1.807) is 6.33 Å². The first-order valence-corrected chi connectivity index (χ1v) is 6.07. The van der Waals surface area contributed by atoms with Crippen LogP contribution in [-0.2, 0) is 13.1 Å². The second-order valence-electron chi connectivity index (χ2n) is 4.53. The molecule has 1 saturated heterocycles. The molecule has 0 aromatic carbocycles. The summed E-state index contributed by atoms with van der Waals surface area (Å²) >= 11 is 0. The van der Waals surface area contributed by atoms with Crippen molar-refractivity contribution in [3.05, 3.63) is 12.2 Å². The van der Waals surface area contributed by atoms with Gasteiger partial charge >= 0.3 is 0 Å². The minimum absolute atomic E-state index is 0.502. The fraction of sp³-hybridized carbons (Fsp3) is 0.818. The van der Waals surface area contributed by atoms with Gasteiger partial charge in [-0.05, 0) is 25.8 Å². The third kappa shape index (κ3) is 2.10. The Morgan fingerprint density at radius 2 is 2.38 bits per heavy atom.